The molecular weight excluding hydrogens is 497 g/mol. The summed E-state index contributed by atoms with van der Waals surface area (Å²) in [6, 6.07) is 59.0. The van der Waals surface area contributed by atoms with Gasteiger partial charge in [0, 0.05) is 9.79 Å². The van der Waals surface area contributed by atoms with Gasteiger partial charge in [0.1, 0.15) is 0 Å². The zero-order chi connectivity index (χ0) is 25.6. The normalized spacial score (nSPS) is 11.7. The Bertz CT molecular complexity index is 1580. The number of hydrogen-bond acceptors (Lipinski definition) is 1. The first kappa shape index (κ1) is 24.4. The fourth-order valence-electron chi connectivity index (χ4n) is 4.50. The summed E-state index contributed by atoms with van der Waals surface area (Å²) in [4.78, 5) is 6.48. The SMILES string of the molecule is c1ccc(-c2ccc(Sc3ccc([S+](c4ccccc4)c4ccc(-c5ccccc5)cc4)cc3)cc2)cc1. The molecule has 6 rings (SSSR count). The van der Waals surface area contributed by atoms with Crippen molar-refractivity contribution < 1.29 is 0 Å². The highest BCUT2D eigenvalue weighted by atomic mass is 32.2. The number of rotatable bonds is 7. The van der Waals surface area contributed by atoms with Crippen LogP contribution in [0.25, 0.3) is 22.3 Å². The van der Waals surface area contributed by atoms with Gasteiger partial charge in [-0.1, -0.05) is 103 Å². The molecule has 1 unspecified atom stereocenters. The van der Waals surface area contributed by atoms with E-state index < -0.39 is 0 Å². The molecule has 0 nitrogen and oxygen atoms in total. The average molecular weight is 524 g/mol. The van der Waals surface area contributed by atoms with Gasteiger partial charge in [0.05, 0.1) is 10.9 Å². The number of hydrogen-bond donors (Lipinski definition) is 0. The van der Waals surface area contributed by atoms with Crippen LogP contribution in [0.4, 0.5) is 0 Å². The Morgan fingerprint density at radius 2 is 0.605 bits per heavy atom. The Morgan fingerprint density at radius 1 is 0.289 bits per heavy atom. The van der Waals surface area contributed by atoms with Crippen molar-refractivity contribution in [1.82, 2.24) is 0 Å². The quantitative estimate of drug-likeness (QED) is 0.188. The molecule has 0 aliphatic heterocycles. The minimum atomic E-state index is -0.168. The molecule has 1 atom stereocenters. The lowest BCUT2D eigenvalue weighted by molar-refractivity contribution is 1.28. The lowest BCUT2D eigenvalue weighted by Gasteiger charge is -2.10. The van der Waals surface area contributed by atoms with Gasteiger partial charge in [-0.3, -0.25) is 0 Å². The van der Waals surface area contributed by atoms with Crippen molar-refractivity contribution >= 4 is 22.7 Å². The molecule has 0 heterocycles. The molecule has 0 aliphatic carbocycles. The highest BCUT2D eigenvalue weighted by Gasteiger charge is 2.28. The molecule has 0 saturated carbocycles. The molecule has 0 radical (unpaired) electrons. The second kappa shape index (κ2) is 11.6. The van der Waals surface area contributed by atoms with Crippen molar-refractivity contribution in [1.29, 1.82) is 0 Å². The van der Waals surface area contributed by atoms with E-state index in [2.05, 4.69) is 164 Å². The van der Waals surface area contributed by atoms with Gasteiger partial charge in [0.2, 0.25) is 0 Å². The van der Waals surface area contributed by atoms with Gasteiger partial charge < -0.3 is 0 Å². The fraction of sp³-hybridized carbons (Fsp3) is 0. The minimum Gasteiger partial charge on any atom is -0.0901 e. The van der Waals surface area contributed by atoms with Gasteiger partial charge in [0.25, 0.3) is 0 Å². The summed E-state index contributed by atoms with van der Waals surface area (Å²) >= 11 is 1.81. The molecule has 6 aromatic rings. The van der Waals surface area contributed by atoms with Crippen molar-refractivity contribution in [3.63, 3.8) is 0 Å². The van der Waals surface area contributed by atoms with Crippen molar-refractivity contribution in [2.75, 3.05) is 0 Å². The first-order chi connectivity index (χ1) is 18.8. The third-order valence-electron chi connectivity index (χ3n) is 6.43. The van der Waals surface area contributed by atoms with Crippen LogP contribution >= 0.6 is 11.8 Å². The largest absolute Gasteiger partial charge is 0.166 e. The Morgan fingerprint density at radius 3 is 1.08 bits per heavy atom. The van der Waals surface area contributed by atoms with Crippen molar-refractivity contribution in [2.45, 2.75) is 24.5 Å². The molecule has 0 amide bonds. The van der Waals surface area contributed by atoms with Crippen LogP contribution in [0.5, 0.6) is 0 Å². The Labute approximate surface area is 232 Å². The lowest BCUT2D eigenvalue weighted by atomic mass is 10.1. The maximum atomic E-state index is 2.29. The number of benzene rings is 6. The van der Waals surface area contributed by atoms with Gasteiger partial charge in [-0.15, -0.1) is 0 Å². The third-order valence-corrected chi connectivity index (χ3v) is 9.68. The summed E-state index contributed by atoms with van der Waals surface area (Å²) in [6.45, 7) is 0. The van der Waals surface area contributed by atoms with Gasteiger partial charge >= 0.3 is 0 Å². The zero-order valence-corrected chi connectivity index (χ0v) is 22.5. The van der Waals surface area contributed by atoms with Gasteiger partial charge in [-0.05, 0) is 95.1 Å². The van der Waals surface area contributed by atoms with Crippen LogP contribution in [0.2, 0.25) is 0 Å². The minimum absolute atomic E-state index is 0.168. The zero-order valence-electron chi connectivity index (χ0n) is 20.9. The topological polar surface area (TPSA) is 0 Å². The molecule has 0 saturated heterocycles. The van der Waals surface area contributed by atoms with E-state index in [9.17, 15) is 0 Å². The van der Waals surface area contributed by atoms with Gasteiger partial charge in [-0.25, -0.2) is 0 Å². The van der Waals surface area contributed by atoms with E-state index in [1.807, 2.05) is 0 Å². The predicted molar refractivity (Wildman–Crippen MR) is 163 cm³/mol. The molecule has 38 heavy (non-hydrogen) atoms. The smallest absolute Gasteiger partial charge is 0.0901 e. The lowest BCUT2D eigenvalue weighted by Crippen LogP contribution is -2.04. The van der Waals surface area contributed by atoms with E-state index in [1.165, 1.54) is 46.7 Å². The molecule has 0 spiro atoms. The molecule has 0 aromatic heterocycles. The van der Waals surface area contributed by atoms with Gasteiger partial charge in [0.15, 0.2) is 14.7 Å². The molecule has 0 aliphatic rings. The highest BCUT2D eigenvalue weighted by molar-refractivity contribution is 7.99. The molecule has 6 aromatic carbocycles. The van der Waals surface area contributed by atoms with Crippen LogP contribution < -0.4 is 0 Å². The van der Waals surface area contributed by atoms with Crippen LogP contribution in [-0.4, -0.2) is 0 Å². The highest BCUT2D eigenvalue weighted by Crippen LogP contribution is 2.35. The summed E-state index contributed by atoms with van der Waals surface area (Å²) in [5.74, 6) is 0. The second-order valence-corrected chi connectivity index (χ2v) is 12.1. The van der Waals surface area contributed by atoms with E-state index in [-0.39, 0.29) is 10.9 Å². The predicted octanol–water partition coefficient (Wildman–Crippen LogP) is 10.3. The molecule has 0 fully saturated rings. The molecular formula is C36H27S2+. The van der Waals surface area contributed by atoms with Crippen LogP contribution in [0.15, 0.2) is 188 Å². The summed E-state index contributed by atoms with van der Waals surface area (Å²) in [7, 11) is -0.168. The Kier molecular flexibility index (Phi) is 7.44. The summed E-state index contributed by atoms with van der Waals surface area (Å²) < 4.78 is 0. The van der Waals surface area contributed by atoms with E-state index >= 15 is 0 Å². The Balaban J connectivity index is 1.24. The fourth-order valence-corrected chi connectivity index (χ4v) is 7.38. The molecule has 182 valence electrons. The maximum absolute atomic E-state index is 2.29. The van der Waals surface area contributed by atoms with E-state index in [4.69, 9.17) is 0 Å². The van der Waals surface area contributed by atoms with E-state index in [0.717, 1.165) is 0 Å². The van der Waals surface area contributed by atoms with E-state index in [0.29, 0.717) is 0 Å². The monoisotopic (exact) mass is 523 g/mol. The second-order valence-electron chi connectivity index (χ2n) is 8.97. The summed E-state index contributed by atoms with van der Waals surface area (Å²) in [5.41, 5.74) is 4.99. The summed E-state index contributed by atoms with van der Waals surface area (Å²) in [6.07, 6.45) is 0. The first-order valence-corrected chi connectivity index (χ1v) is 14.8. The maximum Gasteiger partial charge on any atom is 0.166 e. The van der Waals surface area contributed by atoms with Crippen LogP contribution in [-0.2, 0) is 10.9 Å². The van der Waals surface area contributed by atoms with Crippen molar-refractivity contribution in [3.05, 3.63) is 164 Å². The summed E-state index contributed by atoms with van der Waals surface area (Å²) in [5, 5.41) is 0. The van der Waals surface area contributed by atoms with Crippen molar-refractivity contribution in [3.8, 4) is 22.3 Å². The third kappa shape index (κ3) is 5.62. The standard InChI is InChI=1S/C36H27S2/c1-4-10-28(11-5-1)30-16-20-32(21-17-30)37-33-22-26-36(27-23-33)38(34-14-8-3-9-15-34)35-24-18-31(19-25-35)29-12-6-2-7-13-29/h1-27H/q+1. The van der Waals surface area contributed by atoms with Crippen LogP contribution in [0.1, 0.15) is 0 Å². The van der Waals surface area contributed by atoms with Crippen molar-refractivity contribution in [2.24, 2.45) is 0 Å². The molecule has 0 bridgehead atoms. The molecule has 0 N–H and O–H groups in total. The van der Waals surface area contributed by atoms with E-state index in [1.54, 1.807) is 11.8 Å². The Hall–Kier alpha value is -3.98. The first-order valence-electron chi connectivity index (χ1n) is 12.7. The van der Waals surface area contributed by atoms with Gasteiger partial charge in [-0.2, -0.15) is 0 Å². The van der Waals surface area contributed by atoms with Crippen LogP contribution in [0, 0.1) is 0 Å². The molecule has 2 heteroatoms. The average Bonchev–Trinajstić information content (AvgIpc) is 3.00. The van der Waals surface area contributed by atoms with Crippen LogP contribution in [0.3, 0.4) is 0 Å².